The summed E-state index contributed by atoms with van der Waals surface area (Å²) < 4.78 is 32.8. The number of sulfone groups is 1. The Morgan fingerprint density at radius 1 is 1.31 bits per heavy atom. The molecule has 1 atom stereocenters. The van der Waals surface area contributed by atoms with Crippen molar-refractivity contribution in [1.29, 1.82) is 0 Å². The normalized spacial score (nSPS) is 20.6. The van der Waals surface area contributed by atoms with Crippen molar-refractivity contribution in [1.82, 2.24) is 19.4 Å². The molecule has 0 bridgehead atoms. The fraction of sp³-hybridized carbons (Fsp3) is 0.833. The zero-order valence-electron chi connectivity index (χ0n) is 17.0. The fourth-order valence-electron chi connectivity index (χ4n) is 3.32. The number of ether oxygens (including phenoxy) is 1. The van der Waals surface area contributed by atoms with E-state index < -0.39 is 9.84 Å². The van der Waals surface area contributed by atoms with E-state index in [1.807, 2.05) is 25.3 Å². The van der Waals surface area contributed by atoms with Crippen molar-refractivity contribution in [2.75, 3.05) is 46.2 Å². The Bertz CT molecular complexity index is 694. The first kappa shape index (κ1) is 21.3. The lowest BCUT2D eigenvalue weighted by Crippen LogP contribution is -2.49. The average Bonchev–Trinajstić information content (AvgIpc) is 2.90. The van der Waals surface area contributed by atoms with Crippen molar-refractivity contribution >= 4 is 9.84 Å². The number of methoxy groups -OCH3 is 1. The Morgan fingerprint density at radius 3 is 2.58 bits per heavy atom. The lowest BCUT2D eigenvalue weighted by Gasteiger charge is -2.37. The molecule has 0 aliphatic carbocycles. The summed E-state index contributed by atoms with van der Waals surface area (Å²) in [4.78, 5) is 9.02. The summed E-state index contributed by atoms with van der Waals surface area (Å²) in [5.41, 5.74) is 0.621. The molecule has 1 fully saturated rings. The maximum Gasteiger partial charge on any atom is 0.227 e. The third-order valence-corrected chi connectivity index (χ3v) is 6.88. The minimum Gasteiger partial charge on any atom is -0.383 e. The zero-order chi connectivity index (χ0) is 19.5. The third kappa shape index (κ3) is 5.52. The Morgan fingerprint density at radius 2 is 2.00 bits per heavy atom. The quantitative estimate of drug-likeness (QED) is 0.707. The van der Waals surface area contributed by atoms with Gasteiger partial charge in [0.15, 0.2) is 0 Å². The fourth-order valence-corrected chi connectivity index (χ4v) is 5.35. The van der Waals surface area contributed by atoms with Crippen molar-refractivity contribution in [3.63, 3.8) is 0 Å². The molecular formula is C18H34N4O3S. The van der Waals surface area contributed by atoms with Gasteiger partial charge in [-0.05, 0) is 19.4 Å². The van der Waals surface area contributed by atoms with Gasteiger partial charge in [-0.15, -0.1) is 0 Å². The molecule has 26 heavy (non-hydrogen) atoms. The van der Waals surface area contributed by atoms with Crippen molar-refractivity contribution in [2.45, 2.75) is 52.0 Å². The maximum atomic E-state index is 12.9. The van der Waals surface area contributed by atoms with Crippen LogP contribution in [-0.4, -0.2) is 80.0 Å². The van der Waals surface area contributed by atoms with Crippen molar-refractivity contribution in [3.05, 3.63) is 11.9 Å². The predicted octanol–water partition coefficient (Wildman–Crippen LogP) is 1.49. The summed E-state index contributed by atoms with van der Waals surface area (Å²) in [6, 6.07) is 0.489. The molecule has 0 saturated carbocycles. The smallest absolute Gasteiger partial charge is 0.227 e. The van der Waals surface area contributed by atoms with Crippen LogP contribution in [0.3, 0.4) is 0 Å². The molecule has 1 aromatic heterocycles. The van der Waals surface area contributed by atoms with Crippen LogP contribution in [0.2, 0.25) is 0 Å². The van der Waals surface area contributed by atoms with Gasteiger partial charge >= 0.3 is 0 Å². The Labute approximate surface area is 158 Å². The minimum atomic E-state index is -3.45. The second kappa shape index (κ2) is 8.37. The minimum absolute atomic E-state index is 0.0784. The monoisotopic (exact) mass is 386 g/mol. The molecule has 0 spiro atoms. The van der Waals surface area contributed by atoms with Gasteiger partial charge in [-0.25, -0.2) is 13.4 Å². The second-order valence-electron chi connectivity index (χ2n) is 8.56. The molecule has 0 amide bonds. The molecule has 0 aromatic carbocycles. The van der Waals surface area contributed by atoms with Crippen LogP contribution >= 0.6 is 0 Å². The van der Waals surface area contributed by atoms with Gasteiger partial charge < -0.3 is 14.2 Å². The second-order valence-corrected chi connectivity index (χ2v) is 10.4. The van der Waals surface area contributed by atoms with Gasteiger partial charge in [0.25, 0.3) is 0 Å². The lowest BCUT2D eigenvalue weighted by molar-refractivity contribution is 0.0972. The number of hydrogen-bond donors (Lipinski definition) is 0. The van der Waals surface area contributed by atoms with Crippen LogP contribution in [0.25, 0.3) is 0 Å². The van der Waals surface area contributed by atoms with E-state index in [2.05, 4.69) is 28.8 Å². The maximum absolute atomic E-state index is 12.9. The molecule has 2 rings (SSSR count). The van der Waals surface area contributed by atoms with Crippen LogP contribution in [0.4, 0.5) is 0 Å². The van der Waals surface area contributed by atoms with Gasteiger partial charge in [-0.2, -0.15) is 0 Å². The van der Waals surface area contributed by atoms with E-state index in [0.717, 1.165) is 25.3 Å². The van der Waals surface area contributed by atoms with E-state index in [-0.39, 0.29) is 16.3 Å². The summed E-state index contributed by atoms with van der Waals surface area (Å²) in [5, 5.41) is 0.168. The number of aromatic nitrogens is 2. The molecule has 1 unspecified atom stereocenters. The van der Waals surface area contributed by atoms with Gasteiger partial charge in [0.05, 0.1) is 24.3 Å². The van der Waals surface area contributed by atoms with Crippen LogP contribution in [0.15, 0.2) is 11.4 Å². The summed E-state index contributed by atoms with van der Waals surface area (Å²) in [5.74, 6) is 0.0784. The highest BCUT2D eigenvalue weighted by atomic mass is 32.2. The Kier molecular flexibility index (Phi) is 6.87. The standard InChI is InChI=1S/C18H34N4O3S/c1-15-12-21(8-7-20(15)5)13-16-11-19-17(22(16)9-10-25-6)26(23,24)14-18(2,3)4/h11,15H,7-10,12-14H2,1-6H3. The molecule has 7 nitrogen and oxygen atoms in total. The van der Waals surface area contributed by atoms with Crippen molar-refractivity contribution in [2.24, 2.45) is 5.41 Å². The largest absolute Gasteiger partial charge is 0.383 e. The number of hydrogen-bond acceptors (Lipinski definition) is 6. The summed E-state index contributed by atoms with van der Waals surface area (Å²) in [7, 11) is 0.319. The van der Waals surface area contributed by atoms with Gasteiger partial charge in [0.2, 0.25) is 15.0 Å². The first-order valence-corrected chi connectivity index (χ1v) is 10.9. The molecule has 1 aliphatic heterocycles. The molecule has 1 aliphatic rings. The molecule has 0 N–H and O–H groups in total. The molecule has 150 valence electrons. The van der Waals surface area contributed by atoms with E-state index in [0.29, 0.717) is 25.7 Å². The van der Waals surface area contributed by atoms with Crippen LogP contribution in [-0.2, 0) is 27.7 Å². The van der Waals surface area contributed by atoms with E-state index in [9.17, 15) is 8.42 Å². The molecular weight excluding hydrogens is 352 g/mol. The number of nitrogens with zero attached hydrogens (tertiary/aromatic N) is 4. The molecule has 1 saturated heterocycles. The SMILES string of the molecule is COCCn1c(CN2CCN(C)C(C)C2)cnc1S(=O)(=O)CC(C)(C)C. The predicted molar refractivity (Wildman–Crippen MR) is 103 cm³/mol. The number of piperazine rings is 1. The lowest BCUT2D eigenvalue weighted by atomic mass is 10.0. The highest BCUT2D eigenvalue weighted by Gasteiger charge is 2.29. The van der Waals surface area contributed by atoms with Gasteiger partial charge in [0.1, 0.15) is 0 Å². The first-order valence-electron chi connectivity index (χ1n) is 9.22. The molecule has 2 heterocycles. The van der Waals surface area contributed by atoms with Crippen molar-refractivity contribution < 1.29 is 13.2 Å². The van der Waals surface area contributed by atoms with E-state index in [4.69, 9.17) is 4.74 Å². The van der Waals surface area contributed by atoms with Crippen LogP contribution in [0.5, 0.6) is 0 Å². The number of imidazole rings is 1. The van der Waals surface area contributed by atoms with Gasteiger partial charge in [0, 0.05) is 45.9 Å². The van der Waals surface area contributed by atoms with Gasteiger partial charge in [-0.1, -0.05) is 20.8 Å². The van der Waals surface area contributed by atoms with E-state index in [1.54, 1.807) is 13.3 Å². The third-order valence-electron chi connectivity index (χ3n) is 4.75. The van der Waals surface area contributed by atoms with E-state index in [1.165, 1.54) is 0 Å². The molecule has 8 heteroatoms. The summed E-state index contributed by atoms with van der Waals surface area (Å²) >= 11 is 0. The zero-order valence-corrected chi connectivity index (χ0v) is 17.8. The van der Waals surface area contributed by atoms with E-state index >= 15 is 0 Å². The van der Waals surface area contributed by atoms with Crippen LogP contribution < -0.4 is 0 Å². The topological polar surface area (TPSA) is 67.7 Å². The highest BCUT2D eigenvalue weighted by molar-refractivity contribution is 7.91. The summed E-state index contributed by atoms with van der Waals surface area (Å²) in [6.07, 6.45) is 1.72. The number of rotatable bonds is 7. The summed E-state index contributed by atoms with van der Waals surface area (Å²) in [6.45, 7) is 12.6. The Hall–Kier alpha value is -0.960. The first-order chi connectivity index (χ1) is 12.0. The highest BCUT2D eigenvalue weighted by Crippen LogP contribution is 2.23. The van der Waals surface area contributed by atoms with Crippen LogP contribution in [0, 0.1) is 5.41 Å². The Balaban J connectivity index is 2.26. The number of likely N-dealkylation sites (N-methyl/N-ethyl adjacent to an activating group) is 1. The molecule has 1 aromatic rings. The molecule has 0 radical (unpaired) electrons. The average molecular weight is 387 g/mol. The van der Waals surface area contributed by atoms with Crippen LogP contribution in [0.1, 0.15) is 33.4 Å². The van der Waals surface area contributed by atoms with Crippen molar-refractivity contribution in [3.8, 4) is 0 Å². The van der Waals surface area contributed by atoms with Gasteiger partial charge in [-0.3, -0.25) is 4.90 Å².